The van der Waals surface area contributed by atoms with Gasteiger partial charge in [0.05, 0.1) is 18.7 Å². The van der Waals surface area contributed by atoms with Crippen molar-refractivity contribution >= 4 is 11.9 Å². The maximum atomic E-state index is 11.8. The fraction of sp³-hybridized carbons (Fsp3) is 0.438. The fourth-order valence-corrected chi connectivity index (χ4v) is 1.90. The van der Waals surface area contributed by atoms with Crippen molar-refractivity contribution < 1.29 is 24.2 Å². The van der Waals surface area contributed by atoms with E-state index in [0.29, 0.717) is 29.9 Å². The Bertz CT molecular complexity index is 595. The molecule has 0 spiro atoms. The maximum Gasteiger partial charge on any atom is 0.326 e. The first kappa shape index (κ1) is 18.3. The summed E-state index contributed by atoms with van der Waals surface area (Å²) < 4.78 is 10.4. The van der Waals surface area contributed by atoms with E-state index >= 15 is 0 Å². The minimum Gasteiger partial charge on any atom is -0.493 e. The number of aliphatic carboxylic acids is 1. The summed E-state index contributed by atoms with van der Waals surface area (Å²) in [5, 5.41) is 20.3. The molecule has 2 N–H and O–H groups in total. The summed E-state index contributed by atoms with van der Waals surface area (Å²) in [5.41, 5.74) is 0.407. The van der Waals surface area contributed by atoms with Gasteiger partial charge < -0.3 is 19.9 Å². The van der Waals surface area contributed by atoms with E-state index in [4.69, 9.17) is 19.8 Å². The third kappa shape index (κ3) is 5.87. The summed E-state index contributed by atoms with van der Waals surface area (Å²) in [7, 11) is 1.43. The first-order valence-electron chi connectivity index (χ1n) is 7.24. The van der Waals surface area contributed by atoms with Crippen LogP contribution in [0.25, 0.3) is 0 Å². The highest BCUT2D eigenvalue weighted by Gasteiger charge is 2.19. The highest BCUT2D eigenvalue weighted by atomic mass is 16.5. The first-order chi connectivity index (χ1) is 11.0. The minimum absolute atomic E-state index is 0.307. The van der Waals surface area contributed by atoms with Gasteiger partial charge in [-0.15, -0.1) is 0 Å². The number of hydrogen-bond acceptors (Lipinski definition) is 5. The molecule has 0 aromatic heterocycles. The Morgan fingerprint density at radius 2 is 2.13 bits per heavy atom. The van der Waals surface area contributed by atoms with Crippen molar-refractivity contribution in [2.45, 2.75) is 32.2 Å². The van der Waals surface area contributed by atoms with E-state index in [1.165, 1.54) is 25.3 Å². The number of nitrogens with zero attached hydrogens (tertiary/aromatic N) is 1. The van der Waals surface area contributed by atoms with Gasteiger partial charge in [0, 0.05) is 6.07 Å². The summed E-state index contributed by atoms with van der Waals surface area (Å²) in [4.78, 5) is 22.9. The number of carbonyl (C=O) groups excluding carboxylic acids is 1. The molecular formula is C16H20N2O5. The first-order valence-corrected chi connectivity index (χ1v) is 7.24. The summed E-state index contributed by atoms with van der Waals surface area (Å²) >= 11 is 0. The lowest BCUT2D eigenvalue weighted by molar-refractivity contribution is -0.142. The number of nitrogens with one attached hydrogen (secondary N) is 1. The quantitative estimate of drug-likeness (QED) is 0.717. The Balaban J connectivity index is 2.62. The van der Waals surface area contributed by atoms with Gasteiger partial charge in [0.1, 0.15) is 6.04 Å². The molecule has 0 fully saturated rings. The average Bonchev–Trinajstić information content (AvgIpc) is 2.56. The zero-order valence-electron chi connectivity index (χ0n) is 13.2. The van der Waals surface area contributed by atoms with E-state index in [2.05, 4.69) is 5.32 Å². The highest BCUT2D eigenvalue weighted by Crippen LogP contribution is 2.27. The average molecular weight is 320 g/mol. The third-order valence-corrected chi connectivity index (χ3v) is 3.13. The Morgan fingerprint density at radius 1 is 1.39 bits per heavy atom. The predicted molar refractivity (Wildman–Crippen MR) is 82.3 cm³/mol. The van der Waals surface area contributed by atoms with Crippen molar-refractivity contribution in [3.05, 3.63) is 23.8 Å². The van der Waals surface area contributed by atoms with Crippen LogP contribution in [0, 0.1) is 11.3 Å². The smallest absolute Gasteiger partial charge is 0.326 e. The molecule has 124 valence electrons. The Labute approximate surface area is 134 Å². The zero-order chi connectivity index (χ0) is 17.2. The van der Waals surface area contributed by atoms with Crippen LogP contribution in [0.5, 0.6) is 11.5 Å². The van der Waals surface area contributed by atoms with Gasteiger partial charge in [-0.2, -0.15) is 5.26 Å². The molecule has 1 aromatic rings. The number of ether oxygens (including phenoxy) is 2. The molecule has 0 heterocycles. The molecule has 0 aliphatic heterocycles. The molecule has 0 aliphatic rings. The van der Waals surface area contributed by atoms with Crippen LogP contribution in [0.1, 0.15) is 31.7 Å². The number of carbonyl (C=O) groups is 2. The van der Waals surface area contributed by atoms with E-state index in [0.717, 1.165) is 6.42 Å². The second kappa shape index (κ2) is 9.30. The fourth-order valence-electron chi connectivity index (χ4n) is 1.90. The highest BCUT2D eigenvalue weighted by molar-refractivity contribution is 5.84. The van der Waals surface area contributed by atoms with Crippen LogP contribution < -0.4 is 14.8 Å². The standard InChI is InChI=1S/C16H20N2O5/c1-3-4-5-12(16(20)21)18-15(19)10-23-13-7-6-11(9-17)8-14(13)22-2/h6-8,12H,3-5,10H2,1-2H3,(H,18,19)(H,20,21). The number of amides is 1. The molecule has 0 radical (unpaired) electrons. The second-order valence-corrected chi connectivity index (χ2v) is 4.87. The third-order valence-electron chi connectivity index (χ3n) is 3.13. The molecule has 0 saturated carbocycles. The van der Waals surface area contributed by atoms with Crippen molar-refractivity contribution in [2.75, 3.05) is 13.7 Å². The molecule has 0 bridgehead atoms. The van der Waals surface area contributed by atoms with E-state index in [1.807, 2.05) is 13.0 Å². The van der Waals surface area contributed by atoms with Crippen molar-refractivity contribution in [3.63, 3.8) is 0 Å². The molecule has 1 atom stereocenters. The zero-order valence-corrected chi connectivity index (χ0v) is 13.2. The molecule has 1 amide bonds. The van der Waals surface area contributed by atoms with Crippen molar-refractivity contribution in [1.82, 2.24) is 5.32 Å². The molecule has 23 heavy (non-hydrogen) atoms. The molecule has 1 unspecified atom stereocenters. The van der Waals surface area contributed by atoms with Crippen LogP contribution in [0.2, 0.25) is 0 Å². The topological polar surface area (TPSA) is 109 Å². The van der Waals surface area contributed by atoms with Crippen LogP contribution in [0.15, 0.2) is 18.2 Å². The summed E-state index contributed by atoms with van der Waals surface area (Å²) in [6.07, 6.45) is 1.93. The molecule has 0 aliphatic carbocycles. The number of benzene rings is 1. The molecule has 7 nitrogen and oxygen atoms in total. The van der Waals surface area contributed by atoms with Crippen LogP contribution >= 0.6 is 0 Å². The van der Waals surface area contributed by atoms with Gasteiger partial charge in [-0.05, 0) is 18.6 Å². The van der Waals surface area contributed by atoms with E-state index in [-0.39, 0.29) is 6.61 Å². The number of methoxy groups -OCH3 is 1. The van der Waals surface area contributed by atoms with Crippen LogP contribution in [0.3, 0.4) is 0 Å². The number of hydrogen-bond donors (Lipinski definition) is 2. The van der Waals surface area contributed by atoms with Gasteiger partial charge in [0.25, 0.3) is 5.91 Å². The summed E-state index contributed by atoms with van der Waals surface area (Å²) in [5.74, 6) is -0.956. The van der Waals surface area contributed by atoms with Crippen molar-refractivity contribution in [3.8, 4) is 17.6 Å². The molecule has 1 rings (SSSR count). The largest absolute Gasteiger partial charge is 0.493 e. The Kier molecular flexibility index (Phi) is 7.40. The number of carboxylic acid groups (broad SMARTS) is 1. The van der Waals surface area contributed by atoms with Gasteiger partial charge in [0.15, 0.2) is 18.1 Å². The molecular weight excluding hydrogens is 300 g/mol. The Morgan fingerprint density at radius 3 is 2.70 bits per heavy atom. The number of nitriles is 1. The van der Waals surface area contributed by atoms with Crippen LogP contribution in [-0.2, 0) is 9.59 Å². The second-order valence-electron chi connectivity index (χ2n) is 4.87. The van der Waals surface area contributed by atoms with E-state index in [9.17, 15) is 9.59 Å². The molecule has 1 aromatic carbocycles. The lowest BCUT2D eigenvalue weighted by atomic mass is 10.1. The lowest BCUT2D eigenvalue weighted by Crippen LogP contribution is -2.42. The number of rotatable bonds is 9. The van der Waals surface area contributed by atoms with Gasteiger partial charge in [-0.25, -0.2) is 4.79 Å². The number of carboxylic acids is 1. The summed E-state index contributed by atoms with van der Waals surface area (Å²) in [6.45, 7) is 1.61. The van der Waals surface area contributed by atoms with Gasteiger partial charge in [-0.3, -0.25) is 4.79 Å². The summed E-state index contributed by atoms with van der Waals surface area (Å²) in [6, 6.07) is 5.61. The monoisotopic (exact) mass is 320 g/mol. The van der Waals surface area contributed by atoms with Crippen LogP contribution in [0.4, 0.5) is 0 Å². The van der Waals surface area contributed by atoms with E-state index in [1.54, 1.807) is 0 Å². The van der Waals surface area contributed by atoms with E-state index < -0.39 is 17.9 Å². The van der Waals surface area contributed by atoms with Gasteiger partial charge in [-0.1, -0.05) is 19.8 Å². The minimum atomic E-state index is -1.07. The molecule has 7 heteroatoms. The normalized spacial score (nSPS) is 11.2. The van der Waals surface area contributed by atoms with Gasteiger partial charge >= 0.3 is 5.97 Å². The van der Waals surface area contributed by atoms with Crippen molar-refractivity contribution in [1.29, 1.82) is 5.26 Å². The predicted octanol–water partition coefficient (Wildman–Crippen LogP) is 1.71. The van der Waals surface area contributed by atoms with Gasteiger partial charge in [0.2, 0.25) is 0 Å². The SMILES string of the molecule is CCCCC(NC(=O)COc1ccc(C#N)cc1OC)C(=O)O. The lowest BCUT2D eigenvalue weighted by Gasteiger charge is -2.15. The Hall–Kier alpha value is -2.75. The van der Waals surface area contributed by atoms with Crippen LogP contribution in [-0.4, -0.2) is 36.7 Å². The number of unbranched alkanes of at least 4 members (excludes halogenated alkanes) is 1. The van der Waals surface area contributed by atoms with Crippen molar-refractivity contribution in [2.24, 2.45) is 0 Å². The maximum absolute atomic E-state index is 11.8. The molecule has 0 saturated heterocycles.